The van der Waals surface area contributed by atoms with Crippen molar-refractivity contribution in [3.63, 3.8) is 0 Å². The number of rotatable bonds is 9. The lowest BCUT2D eigenvalue weighted by Crippen LogP contribution is -2.28. The van der Waals surface area contributed by atoms with Crippen LogP contribution in [0.15, 0.2) is 0 Å². The molecular formula is C16H30N4. The average Bonchev–Trinajstić information content (AvgIpc) is 2.43. The fourth-order valence-corrected chi connectivity index (χ4v) is 2.28. The first-order valence-corrected chi connectivity index (χ1v) is 7.98. The first-order valence-electron chi connectivity index (χ1n) is 7.98. The van der Waals surface area contributed by atoms with E-state index in [9.17, 15) is 0 Å². The van der Waals surface area contributed by atoms with E-state index in [4.69, 9.17) is 4.98 Å². The van der Waals surface area contributed by atoms with Crippen molar-refractivity contribution in [2.75, 3.05) is 29.9 Å². The lowest BCUT2D eigenvalue weighted by atomic mass is 10.2. The molecule has 4 nitrogen and oxygen atoms in total. The summed E-state index contributed by atoms with van der Waals surface area (Å²) >= 11 is 0. The summed E-state index contributed by atoms with van der Waals surface area (Å²) in [6.07, 6.45) is 4.85. The van der Waals surface area contributed by atoms with Crippen LogP contribution >= 0.6 is 0 Å². The molecule has 0 aromatic carbocycles. The van der Waals surface area contributed by atoms with E-state index in [-0.39, 0.29) is 0 Å². The molecule has 0 fully saturated rings. The summed E-state index contributed by atoms with van der Waals surface area (Å²) in [7, 11) is 0. The Morgan fingerprint density at radius 1 is 0.950 bits per heavy atom. The maximum Gasteiger partial charge on any atom is 0.137 e. The van der Waals surface area contributed by atoms with Crippen molar-refractivity contribution >= 4 is 11.6 Å². The number of nitrogens with one attached hydrogen (secondary N) is 1. The Kier molecular flexibility index (Phi) is 7.34. The third kappa shape index (κ3) is 4.66. The van der Waals surface area contributed by atoms with E-state index in [0.717, 1.165) is 37.1 Å². The van der Waals surface area contributed by atoms with Crippen LogP contribution in [0.3, 0.4) is 0 Å². The number of aryl methyl sites for hydroxylation is 1. The molecule has 1 aromatic heterocycles. The van der Waals surface area contributed by atoms with Crippen molar-refractivity contribution in [1.82, 2.24) is 9.97 Å². The molecular weight excluding hydrogens is 248 g/mol. The molecule has 0 atom stereocenters. The minimum absolute atomic E-state index is 0.847. The number of aromatic nitrogens is 2. The highest BCUT2D eigenvalue weighted by molar-refractivity contribution is 5.58. The van der Waals surface area contributed by atoms with Crippen LogP contribution in [0.2, 0.25) is 0 Å². The van der Waals surface area contributed by atoms with Crippen LogP contribution in [0.25, 0.3) is 0 Å². The molecule has 0 saturated carbocycles. The predicted octanol–water partition coefficient (Wildman–Crippen LogP) is 3.93. The molecule has 4 heteroatoms. The predicted molar refractivity (Wildman–Crippen MR) is 87.7 cm³/mol. The van der Waals surface area contributed by atoms with Crippen molar-refractivity contribution in [1.29, 1.82) is 0 Å². The molecule has 114 valence electrons. The first-order chi connectivity index (χ1) is 9.63. The van der Waals surface area contributed by atoms with E-state index in [0.29, 0.717) is 0 Å². The van der Waals surface area contributed by atoms with Gasteiger partial charge in [0.05, 0.1) is 0 Å². The van der Waals surface area contributed by atoms with Gasteiger partial charge in [-0.05, 0) is 33.6 Å². The second-order valence-electron chi connectivity index (χ2n) is 5.29. The van der Waals surface area contributed by atoms with Crippen LogP contribution in [0, 0.1) is 13.8 Å². The number of hydrogen-bond donors (Lipinski definition) is 1. The standard InChI is InChI=1S/C16H30N4/c1-6-9-11-20(12-10-7-2)16-13(4)15(17-8-3)18-14(5)19-16/h6-12H2,1-5H3,(H,17,18,19). The highest BCUT2D eigenvalue weighted by Crippen LogP contribution is 2.24. The minimum atomic E-state index is 0.847. The van der Waals surface area contributed by atoms with Crippen LogP contribution in [-0.2, 0) is 0 Å². The number of hydrogen-bond acceptors (Lipinski definition) is 4. The van der Waals surface area contributed by atoms with E-state index < -0.39 is 0 Å². The summed E-state index contributed by atoms with van der Waals surface area (Å²) in [6.45, 7) is 13.7. The van der Waals surface area contributed by atoms with E-state index in [2.05, 4.69) is 42.9 Å². The number of nitrogens with zero attached hydrogens (tertiary/aromatic N) is 3. The zero-order valence-electron chi connectivity index (χ0n) is 13.8. The number of unbranched alkanes of at least 4 members (excludes halogenated alkanes) is 2. The van der Waals surface area contributed by atoms with Gasteiger partial charge in [0.1, 0.15) is 17.5 Å². The Bertz CT molecular complexity index is 396. The van der Waals surface area contributed by atoms with Gasteiger partial charge in [-0.3, -0.25) is 0 Å². The molecule has 0 amide bonds. The van der Waals surface area contributed by atoms with Gasteiger partial charge >= 0.3 is 0 Å². The highest BCUT2D eigenvalue weighted by Gasteiger charge is 2.14. The summed E-state index contributed by atoms with van der Waals surface area (Å²) in [6, 6.07) is 0. The molecule has 0 bridgehead atoms. The molecule has 0 saturated heterocycles. The first kappa shape index (κ1) is 16.7. The summed E-state index contributed by atoms with van der Waals surface area (Å²) in [5.74, 6) is 2.93. The molecule has 0 aliphatic rings. The second kappa shape index (κ2) is 8.77. The highest BCUT2D eigenvalue weighted by atomic mass is 15.2. The normalized spacial score (nSPS) is 10.7. The molecule has 20 heavy (non-hydrogen) atoms. The van der Waals surface area contributed by atoms with Gasteiger partial charge in [0, 0.05) is 25.2 Å². The van der Waals surface area contributed by atoms with E-state index in [1.165, 1.54) is 31.2 Å². The smallest absolute Gasteiger partial charge is 0.137 e. The molecule has 0 spiro atoms. The number of anilines is 2. The van der Waals surface area contributed by atoms with Crippen molar-refractivity contribution in [3.8, 4) is 0 Å². The van der Waals surface area contributed by atoms with E-state index in [1.54, 1.807) is 0 Å². The quantitative estimate of drug-likeness (QED) is 0.743. The van der Waals surface area contributed by atoms with Gasteiger partial charge in [0.15, 0.2) is 0 Å². The summed E-state index contributed by atoms with van der Waals surface area (Å²) in [5, 5.41) is 3.35. The van der Waals surface area contributed by atoms with Crippen LogP contribution in [0.1, 0.15) is 57.8 Å². The van der Waals surface area contributed by atoms with Crippen molar-refractivity contribution in [2.45, 2.75) is 60.3 Å². The molecule has 1 aromatic rings. The lowest BCUT2D eigenvalue weighted by Gasteiger charge is -2.26. The fourth-order valence-electron chi connectivity index (χ4n) is 2.28. The summed E-state index contributed by atoms with van der Waals surface area (Å²) in [5.41, 5.74) is 1.17. The van der Waals surface area contributed by atoms with Crippen molar-refractivity contribution < 1.29 is 0 Å². The van der Waals surface area contributed by atoms with Gasteiger partial charge in [-0.15, -0.1) is 0 Å². The van der Waals surface area contributed by atoms with Crippen molar-refractivity contribution in [3.05, 3.63) is 11.4 Å². The molecule has 1 rings (SSSR count). The second-order valence-corrected chi connectivity index (χ2v) is 5.29. The minimum Gasteiger partial charge on any atom is -0.370 e. The SMILES string of the molecule is CCCCN(CCCC)c1nc(C)nc(NCC)c1C. The summed E-state index contributed by atoms with van der Waals surface area (Å²) in [4.78, 5) is 11.6. The largest absolute Gasteiger partial charge is 0.370 e. The average molecular weight is 278 g/mol. The molecule has 0 radical (unpaired) electrons. The van der Waals surface area contributed by atoms with Crippen LogP contribution < -0.4 is 10.2 Å². The Balaban J connectivity index is 3.03. The molecule has 1 N–H and O–H groups in total. The third-order valence-electron chi connectivity index (χ3n) is 3.44. The molecule has 0 unspecified atom stereocenters. The Morgan fingerprint density at radius 3 is 2.05 bits per heavy atom. The van der Waals surface area contributed by atoms with E-state index in [1.807, 2.05) is 6.92 Å². The molecule has 0 aliphatic heterocycles. The fraction of sp³-hybridized carbons (Fsp3) is 0.750. The van der Waals surface area contributed by atoms with Gasteiger partial charge in [-0.25, -0.2) is 9.97 Å². The van der Waals surface area contributed by atoms with Gasteiger partial charge in [-0.2, -0.15) is 0 Å². The maximum atomic E-state index is 4.70. The zero-order chi connectivity index (χ0) is 15.0. The Labute approximate surface area is 124 Å². The summed E-state index contributed by atoms with van der Waals surface area (Å²) < 4.78 is 0. The Hall–Kier alpha value is -1.32. The van der Waals surface area contributed by atoms with Crippen LogP contribution in [-0.4, -0.2) is 29.6 Å². The lowest BCUT2D eigenvalue weighted by molar-refractivity contribution is 0.667. The van der Waals surface area contributed by atoms with Gasteiger partial charge in [0.2, 0.25) is 0 Å². The monoisotopic (exact) mass is 278 g/mol. The molecule has 1 heterocycles. The molecule has 0 aliphatic carbocycles. The maximum absolute atomic E-state index is 4.70. The van der Waals surface area contributed by atoms with Gasteiger partial charge < -0.3 is 10.2 Å². The van der Waals surface area contributed by atoms with Gasteiger partial charge in [0.25, 0.3) is 0 Å². The van der Waals surface area contributed by atoms with Gasteiger partial charge in [-0.1, -0.05) is 26.7 Å². The van der Waals surface area contributed by atoms with E-state index >= 15 is 0 Å². The van der Waals surface area contributed by atoms with Crippen LogP contribution in [0.5, 0.6) is 0 Å². The zero-order valence-corrected chi connectivity index (χ0v) is 13.8. The van der Waals surface area contributed by atoms with Crippen LogP contribution in [0.4, 0.5) is 11.6 Å². The topological polar surface area (TPSA) is 41.1 Å². The van der Waals surface area contributed by atoms with Crippen molar-refractivity contribution in [2.24, 2.45) is 0 Å². The third-order valence-corrected chi connectivity index (χ3v) is 3.44. The Morgan fingerprint density at radius 2 is 1.55 bits per heavy atom.